The molecule has 1 N–H and O–H groups in total. The standard InChI is InChI=1S/C25H29FN6O2S/c1-14(18-9-19(26)11-27-10-18)28-25-30-21(22-23(31-25)29-15(2)35-22)24(34)32-12-16(13-32)8-20(33)17-6-4-3-5-7-17/h9-11,14,16-17H,3-8,12-13H2,1-2H3,(H,28,30,31). The third kappa shape index (κ3) is 5.17. The number of thiazole rings is 1. The van der Waals surface area contributed by atoms with Gasteiger partial charge >= 0.3 is 0 Å². The number of hydrogen-bond acceptors (Lipinski definition) is 8. The van der Waals surface area contributed by atoms with Crippen molar-refractivity contribution in [3.05, 3.63) is 40.5 Å². The van der Waals surface area contributed by atoms with Crippen LogP contribution in [0.25, 0.3) is 10.3 Å². The molecule has 1 saturated heterocycles. The molecule has 0 bridgehead atoms. The molecular formula is C25H29FN6O2S. The van der Waals surface area contributed by atoms with Crippen molar-refractivity contribution >= 4 is 39.3 Å². The van der Waals surface area contributed by atoms with E-state index in [1.807, 2.05) is 13.8 Å². The summed E-state index contributed by atoms with van der Waals surface area (Å²) in [6, 6.07) is 1.08. The van der Waals surface area contributed by atoms with E-state index in [-0.39, 0.29) is 29.7 Å². The van der Waals surface area contributed by atoms with Crippen molar-refractivity contribution in [2.24, 2.45) is 11.8 Å². The molecule has 5 rings (SSSR count). The van der Waals surface area contributed by atoms with Crippen LogP contribution in [-0.4, -0.2) is 49.6 Å². The summed E-state index contributed by atoms with van der Waals surface area (Å²) in [6.45, 7) is 4.84. The van der Waals surface area contributed by atoms with E-state index in [4.69, 9.17) is 0 Å². The molecule has 2 aliphatic rings. The van der Waals surface area contributed by atoms with E-state index in [0.29, 0.717) is 46.9 Å². The number of hydrogen-bond donors (Lipinski definition) is 1. The lowest BCUT2D eigenvalue weighted by Gasteiger charge is -2.39. The lowest BCUT2D eigenvalue weighted by Crippen LogP contribution is -2.51. The molecule has 2 fully saturated rings. The SMILES string of the molecule is Cc1nc2nc(NC(C)c3cncc(F)c3)nc(C(=O)N3CC(CC(=O)C4CCCCC4)C3)c2s1. The van der Waals surface area contributed by atoms with Crippen LogP contribution in [0.4, 0.5) is 10.3 Å². The number of carbonyl (C=O) groups excluding carboxylic acids is 2. The van der Waals surface area contributed by atoms with Gasteiger partial charge in [0, 0.05) is 37.5 Å². The minimum absolute atomic E-state index is 0.175. The van der Waals surface area contributed by atoms with Crippen LogP contribution in [-0.2, 0) is 4.79 Å². The fourth-order valence-electron chi connectivity index (χ4n) is 4.97. The molecule has 4 heterocycles. The fraction of sp³-hybridized carbons (Fsp3) is 0.520. The van der Waals surface area contributed by atoms with Crippen LogP contribution < -0.4 is 5.32 Å². The monoisotopic (exact) mass is 496 g/mol. The molecule has 1 saturated carbocycles. The highest BCUT2D eigenvalue weighted by molar-refractivity contribution is 7.18. The Bertz CT molecular complexity index is 1250. The van der Waals surface area contributed by atoms with Crippen LogP contribution in [0.1, 0.15) is 72.6 Å². The van der Waals surface area contributed by atoms with Gasteiger partial charge in [0.1, 0.15) is 16.3 Å². The third-order valence-electron chi connectivity index (χ3n) is 6.93. The average Bonchev–Trinajstić information content (AvgIpc) is 3.20. The smallest absolute Gasteiger partial charge is 0.274 e. The first kappa shape index (κ1) is 23.7. The molecule has 1 aliphatic heterocycles. The number of fused-ring (bicyclic) bond motifs is 1. The van der Waals surface area contributed by atoms with E-state index in [1.165, 1.54) is 23.8 Å². The van der Waals surface area contributed by atoms with E-state index in [2.05, 4.69) is 25.3 Å². The van der Waals surface area contributed by atoms with Crippen molar-refractivity contribution in [1.29, 1.82) is 0 Å². The van der Waals surface area contributed by atoms with Gasteiger partial charge in [-0.25, -0.2) is 14.4 Å². The summed E-state index contributed by atoms with van der Waals surface area (Å²) >= 11 is 1.39. The molecule has 0 spiro atoms. The average molecular weight is 497 g/mol. The minimum Gasteiger partial charge on any atom is -0.348 e. The number of carbonyl (C=O) groups is 2. The zero-order valence-electron chi connectivity index (χ0n) is 20.0. The van der Waals surface area contributed by atoms with Gasteiger partial charge in [0.05, 0.1) is 17.2 Å². The van der Waals surface area contributed by atoms with Gasteiger partial charge in [0.25, 0.3) is 5.91 Å². The van der Waals surface area contributed by atoms with Gasteiger partial charge in [-0.15, -0.1) is 11.3 Å². The van der Waals surface area contributed by atoms with Crippen molar-refractivity contribution in [2.75, 3.05) is 18.4 Å². The van der Waals surface area contributed by atoms with Gasteiger partial charge in [-0.2, -0.15) is 4.98 Å². The van der Waals surface area contributed by atoms with E-state index in [1.54, 1.807) is 11.1 Å². The number of anilines is 1. The predicted molar refractivity (Wildman–Crippen MR) is 132 cm³/mol. The second-order valence-electron chi connectivity index (χ2n) is 9.67. The quantitative estimate of drug-likeness (QED) is 0.505. The van der Waals surface area contributed by atoms with Gasteiger partial charge in [0.2, 0.25) is 5.95 Å². The third-order valence-corrected chi connectivity index (χ3v) is 7.90. The molecule has 1 amide bonds. The summed E-state index contributed by atoms with van der Waals surface area (Å²) in [5.41, 5.74) is 1.41. The number of nitrogens with one attached hydrogen (secondary N) is 1. The topological polar surface area (TPSA) is 101 Å². The van der Waals surface area contributed by atoms with Crippen molar-refractivity contribution < 1.29 is 14.0 Å². The zero-order chi connectivity index (χ0) is 24.5. The molecule has 3 aromatic rings. The van der Waals surface area contributed by atoms with E-state index >= 15 is 0 Å². The van der Waals surface area contributed by atoms with Crippen LogP contribution in [0.2, 0.25) is 0 Å². The summed E-state index contributed by atoms with van der Waals surface area (Å²) in [6.07, 6.45) is 8.83. The Labute approximate surface area is 207 Å². The first-order valence-electron chi connectivity index (χ1n) is 12.2. The number of nitrogens with zero attached hydrogens (tertiary/aromatic N) is 5. The molecule has 10 heteroatoms. The number of likely N-dealkylation sites (tertiary alicyclic amines) is 1. The second kappa shape index (κ2) is 9.93. The molecule has 1 aliphatic carbocycles. The summed E-state index contributed by atoms with van der Waals surface area (Å²) in [4.78, 5) is 45.1. The van der Waals surface area contributed by atoms with Crippen LogP contribution >= 0.6 is 11.3 Å². The van der Waals surface area contributed by atoms with Crippen LogP contribution in [0.15, 0.2) is 18.5 Å². The van der Waals surface area contributed by atoms with Gasteiger partial charge in [-0.3, -0.25) is 14.6 Å². The molecule has 1 unspecified atom stereocenters. The van der Waals surface area contributed by atoms with Gasteiger partial charge in [0.15, 0.2) is 11.3 Å². The fourth-order valence-corrected chi connectivity index (χ4v) is 5.81. The number of amides is 1. The number of aryl methyl sites for hydroxylation is 1. The number of halogens is 1. The van der Waals surface area contributed by atoms with Crippen LogP contribution in [0.3, 0.4) is 0 Å². The summed E-state index contributed by atoms with van der Waals surface area (Å²) in [5.74, 6) is 0.438. The Kier molecular flexibility index (Phi) is 6.73. The highest BCUT2D eigenvalue weighted by atomic mass is 32.1. The number of aromatic nitrogens is 4. The second-order valence-corrected chi connectivity index (χ2v) is 10.9. The Morgan fingerprint density at radius 1 is 1.17 bits per heavy atom. The Balaban J connectivity index is 1.29. The molecular weight excluding hydrogens is 467 g/mol. The molecule has 1 atom stereocenters. The first-order chi connectivity index (χ1) is 16.9. The molecule has 0 aromatic carbocycles. The summed E-state index contributed by atoms with van der Waals surface area (Å²) < 4.78 is 14.2. The maximum Gasteiger partial charge on any atom is 0.274 e. The van der Waals surface area contributed by atoms with Crippen molar-refractivity contribution in [3.8, 4) is 0 Å². The molecule has 0 radical (unpaired) electrons. The number of Topliss-reactive ketones (excluding diaryl/α,β-unsaturated/α-hetero) is 1. The maximum absolute atomic E-state index is 13.6. The molecule has 184 valence electrons. The highest BCUT2D eigenvalue weighted by Gasteiger charge is 2.36. The summed E-state index contributed by atoms with van der Waals surface area (Å²) in [7, 11) is 0. The largest absolute Gasteiger partial charge is 0.348 e. The van der Waals surface area contributed by atoms with Crippen molar-refractivity contribution in [3.63, 3.8) is 0 Å². The minimum atomic E-state index is -0.423. The van der Waals surface area contributed by atoms with E-state index in [0.717, 1.165) is 36.9 Å². The van der Waals surface area contributed by atoms with Crippen LogP contribution in [0, 0.1) is 24.6 Å². The maximum atomic E-state index is 13.6. The van der Waals surface area contributed by atoms with Gasteiger partial charge < -0.3 is 10.2 Å². The number of ketones is 1. The Morgan fingerprint density at radius 3 is 2.69 bits per heavy atom. The summed E-state index contributed by atoms with van der Waals surface area (Å²) in [5, 5.41) is 3.94. The Hall–Kier alpha value is -3.01. The number of rotatable bonds is 7. The highest BCUT2D eigenvalue weighted by Crippen LogP contribution is 2.31. The zero-order valence-corrected chi connectivity index (χ0v) is 20.8. The molecule has 35 heavy (non-hydrogen) atoms. The van der Waals surface area contributed by atoms with E-state index in [9.17, 15) is 14.0 Å². The normalized spacial score (nSPS) is 17.9. The molecule has 3 aromatic heterocycles. The van der Waals surface area contributed by atoms with Crippen LogP contribution in [0.5, 0.6) is 0 Å². The number of pyridine rings is 1. The lowest BCUT2D eigenvalue weighted by molar-refractivity contribution is -0.125. The molecule has 8 nitrogen and oxygen atoms in total. The lowest BCUT2D eigenvalue weighted by atomic mass is 9.81. The van der Waals surface area contributed by atoms with Crippen molar-refractivity contribution in [2.45, 2.75) is 58.4 Å². The Morgan fingerprint density at radius 2 is 1.94 bits per heavy atom. The van der Waals surface area contributed by atoms with Gasteiger partial charge in [-0.1, -0.05) is 19.3 Å². The van der Waals surface area contributed by atoms with Crippen molar-refractivity contribution in [1.82, 2.24) is 24.8 Å². The first-order valence-corrected chi connectivity index (χ1v) is 13.0. The predicted octanol–water partition coefficient (Wildman–Crippen LogP) is 4.71. The van der Waals surface area contributed by atoms with E-state index < -0.39 is 5.82 Å². The van der Waals surface area contributed by atoms with Gasteiger partial charge in [-0.05, 0) is 38.3 Å².